The molecule has 1 atom stereocenters. The molecule has 2 N–H and O–H groups in total. The zero-order valence-corrected chi connectivity index (χ0v) is 11.3. The standard InChI is InChI=1S/C15H20FNO2/c1-11(2)14(9-10-18)17-15(19)8-7-12-5-3-4-6-13(12)16/h3-8,11,14,18H,9-10H2,1-2H3,(H,17,19)/b8-7+. The Balaban J connectivity index is 2.62. The Bertz CT molecular complexity index is 444. The number of carbonyl (C=O) groups excluding carboxylic acids is 1. The fourth-order valence-corrected chi connectivity index (χ4v) is 1.72. The van der Waals surface area contributed by atoms with Gasteiger partial charge in [0, 0.05) is 24.3 Å². The third-order valence-electron chi connectivity index (χ3n) is 2.89. The van der Waals surface area contributed by atoms with Gasteiger partial charge in [0.1, 0.15) is 5.82 Å². The van der Waals surface area contributed by atoms with Crippen LogP contribution >= 0.6 is 0 Å². The van der Waals surface area contributed by atoms with Crippen molar-refractivity contribution in [1.82, 2.24) is 5.32 Å². The van der Waals surface area contributed by atoms with Gasteiger partial charge in [-0.05, 0) is 24.5 Å². The minimum atomic E-state index is -0.359. The largest absolute Gasteiger partial charge is 0.396 e. The highest BCUT2D eigenvalue weighted by molar-refractivity contribution is 5.91. The van der Waals surface area contributed by atoms with Gasteiger partial charge in [-0.25, -0.2) is 4.39 Å². The first-order valence-corrected chi connectivity index (χ1v) is 6.38. The lowest BCUT2D eigenvalue weighted by atomic mass is 10.0. The van der Waals surface area contributed by atoms with E-state index in [1.165, 1.54) is 18.2 Å². The first-order chi connectivity index (χ1) is 9.04. The highest BCUT2D eigenvalue weighted by atomic mass is 19.1. The molecule has 0 aliphatic carbocycles. The molecule has 1 aromatic rings. The zero-order chi connectivity index (χ0) is 14.3. The fourth-order valence-electron chi connectivity index (χ4n) is 1.72. The molecule has 3 nitrogen and oxygen atoms in total. The summed E-state index contributed by atoms with van der Waals surface area (Å²) < 4.78 is 13.3. The van der Waals surface area contributed by atoms with Crippen LogP contribution in [-0.2, 0) is 4.79 Å². The monoisotopic (exact) mass is 265 g/mol. The zero-order valence-electron chi connectivity index (χ0n) is 11.3. The molecule has 1 amide bonds. The molecule has 1 aromatic carbocycles. The third-order valence-corrected chi connectivity index (χ3v) is 2.89. The maximum atomic E-state index is 13.3. The van der Waals surface area contributed by atoms with Crippen molar-refractivity contribution in [3.05, 3.63) is 41.7 Å². The van der Waals surface area contributed by atoms with Crippen LogP contribution in [0.25, 0.3) is 6.08 Å². The molecule has 0 aromatic heterocycles. The molecule has 0 aliphatic heterocycles. The molecular formula is C15H20FNO2. The van der Waals surface area contributed by atoms with Crippen LogP contribution in [0.3, 0.4) is 0 Å². The summed E-state index contributed by atoms with van der Waals surface area (Å²) in [6.45, 7) is 3.97. The van der Waals surface area contributed by atoms with Gasteiger partial charge in [-0.3, -0.25) is 4.79 Å². The Kier molecular flexibility index (Phi) is 6.22. The van der Waals surface area contributed by atoms with E-state index >= 15 is 0 Å². The summed E-state index contributed by atoms with van der Waals surface area (Å²) in [6, 6.07) is 6.18. The van der Waals surface area contributed by atoms with Crippen molar-refractivity contribution in [2.24, 2.45) is 5.92 Å². The third kappa shape index (κ3) is 5.22. The highest BCUT2D eigenvalue weighted by Crippen LogP contribution is 2.09. The summed E-state index contributed by atoms with van der Waals surface area (Å²) in [5.74, 6) is -0.407. The van der Waals surface area contributed by atoms with Crippen LogP contribution in [-0.4, -0.2) is 23.7 Å². The van der Waals surface area contributed by atoms with Gasteiger partial charge in [-0.1, -0.05) is 32.0 Å². The molecule has 0 saturated carbocycles. The van der Waals surface area contributed by atoms with Gasteiger partial charge < -0.3 is 10.4 Å². The summed E-state index contributed by atoms with van der Waals surface area (Å²) in [6.07, 6.45) is 3.27. The topological polar surface area (TPSA) is 49.3 Å². The van der Waals surface area contributed by atoms with E-state index in [0.29, 0.717) is 12.0 Å². The Morgan fingerprint density at radius 1 is 1.42 bits per heavy atom. The minimum absolute atomic E-state index is 0.0279. The quantitative estimate of drug-likeness (QED) is 0.776. The van der Waals surface area contributed by atoms with E-state index in [1.807, 2.05) is 13.8 Å². The van der Waals surface area contributed by atoms with Crippen LogP contribution in [0.2, 0.25) is 0 Å². The van der Waals surface area contributed by atoms with Crippen LogP contribution in [0.4, 0.5) is 4.39 Å². The first-order valence-electron chi connectivity index (χ1n) is 6.38. The SMILES string of the molecule is CC(C)C(CCO)NC(=O)/C=C/c1ccccc1F. The van der Waals surface area contributed by atoms with Gasteiger partial charge in [0.2, 0.25) is 5.91 Å². The number of hydrogen-bond donors (Lipinski definition) is 2. The van der Waals surface area contributed by atoms with Gasteiger partial charge >= 0.3 is 0 Å². The van der Waals surface area contributed by atoms with Crippen LogP contribution < -0.4 is 5.32 Å². The van der Waals surface area contributed by atoms with Crippen molar-refractivity contribution in [2.45, 2.75) is 26.3 Å². The molecule has 0 spiro atoms. The van der Waals surface area contributed by atoms with Crippen LogP contribution in [0.5, 0.6) is 0 Å². The van der Waals surface area contributed by atoms with Crippen LogP contribution in [0, 0.1) is 11.7 Å². The van der Waals surface area contributed by atoms with Crippen molar-refractivity contribution in [3.63, 3.8) is 0 Å². The Morgan fingerprint density at radius 3 is 2.68 bits per heavy atom. The summed E-state index contributed by atoms with van der Waals surface area (Å²) in [5.41, 5.74) is 0.376. The van der Waals surface area contributed by atoms with Crippen molar-refractivity contribution < 1.29 is 14.3 Å². The Labute approximate surface area is 113 Å². The molecule has 0 radical (unpaired) electrons. The maximum absolute atomic E-state index is 13.3. The first kappa shape index (κ1) is 15.4. The van der Waals surface area contributed by atoms with Crippen molar-refractivity contribution in [1.29, 1.82) is 0 Å². The molecule has 0 aliphatic rings. The van der Waals surface area contributed by atoms with Crippen molar-refractivity contribution in [3.8, 4) is 0 Å². The van der Waals surface area contributed by atoms with E-state index in [1.54, 1.807) is 18.2 Å². The highest BCUT2D eigenvalue weighted by Gasteiger charge is 2.13. The van der Waals surface area contributed by atoms with Gasteiger partial charge in [-0.15, -0.1) is 0 Å². The molecule has 0 heterocycles. The number of amides is 1. The molecule has 0 fully saturated rings. The molecule has 4 heteroatoms. The van der Waals surface area contributed by atoms with Crippen LogP contribution in [0.15, 0.2) is 30.3 Å². The van der Waals surface area contributed by atoms with E-state index in [2.05, 4.69) is 5.32 Å². The molecular weight excluding hydrogens is 245 g/mol. The number of benzene rings is 1. The fraction of sp³-hybridized carbons (Fsp3) is 0.400. The smallest absolute Gasteiger partial charge is 0.244 e. The second-order valence-corrected chi connectivity index (χ2v) is 4.73. The molecule has 1 rings (SSSR count). The second-order valence-electron chi connectivity index (χ2n) is 4.73. The lowest BCUT2D eigenvalue weighted by molar-refractivity contribution is -0.117. The van der Waals surface area contributed by atoms with Gasteiger partial charge in [0.15, 0.2) is 0 Å². The normalized spacial score (nSPS) is 12.9. The van der Waals surface area contributed by atoms with E-state index in [9.17, 15) is 9.18 Å². The molecule has 104 valence electrons. The van der Waals surface area contributed by atoms with Gasteiger partial charge in [0.25, 0.3) is 0 Å². The molecule has 19 heavy (non-hydrogen) atoms. The van der Waals surface area contributed by atoms with E-state index < -0.39 is 0 Å². The lowest BCUT2D eigenvalue weighted by Crippen LogP contribution is -2.38. The predicted octanol–water partition coefficient (Wildman–Crippen LogP) is 2.36. The van der Waals surface area contributed by atoms with Crippen LogP contribution in [0.1, 0.15) is 25.8 Å². The van der Waals surface area contributed by atoms with Crippen molar-refractivity contribution in [2.75, 3.05) is 6.61 Å². The summed E-state index contributed by atoms with van der Waals surface area (Å²) >= 11 is 0. The van der Waals surface area contributed by atoms with Crippen molar-refractivity contribution >= 4 is 12.0 Å². The average molecular weight is 265 g/mol. The number of halogens is 1. The minimum Gasteiger partial charge on any atom is -0.396 e. The number of aliphatic hydroxyl groups excluding tert-OH is 1. The Morgan fingerprint density at radius 2 is 2.11 bits per heavy atom. The summed E-state index contributed by atoms with van der Waals surface area (Å²) in [4.78, 5) is 11.7. The predicted molar refractivity (Wildman–Crippen MR) is 73.9 cm³/mol. The second kappa shape index (κ2) is 7.69. The molecule has 0 saturated heterocycles. The molecule has 1 unspecified atom stereocenters. The number of aliphatic hydroxyl groups is 1. The Hall–Kier alpha value is -1.68. The van der Waals surface area contributed by atoms with E-state index in [4.69, 9.17) is 5.11 Å². The van der Waals surface area contributed by atoms with E-state index in [-0.39, 0.29) is 30.3 Å². The van der Waals surface area contributed by atoms with Gasteiger partial charge in [-0.2, -0.15) is 0 Å². The maximum Gasteiger partial charge on any atom is 0.244 e. The number of rotatable bonds is 6. The van der Waals surface area contributed by atoms with E-state index in [0.717, 1.165) is 0 Å². The summed E-state index contributed by atoms with van der Waals surface area (Å²) in [7, 11) is 0. The number of hydrogen-bond acceptors (Lipinski definition) is 2. The molecule has 0 bridgehead atoms. The summed E-state index contributed by atoms with van der Waals surface area (Å²) in [5, 5.41) is 11.7. The average Bonchev–Trinajstić information content (AvgIpc) is 2.37. The van der Waals surface area contributed by atoms with Gasteiger partial charge in [0.05, 0.1) is 0 Å². The number of carbonyl (C=O) groups is 1. The lowest BCUT2D eigenvalue weighted by Gasteiger charge is -2.20. The number of nitrogens with one attached hydrogen (secondary N) is 1.